The first-order chi connectivity index (χ1) is 9.60. The minimum absolute atomic E-state index is 0.0614. The van der Waals surface area contributed by atoms with E-state index in [9.17, 15) is 4.79 Å². The van der Waals surface area contributed by atoms with Gasteiger partial charge in [0, 0.05) is 30.6 Å². The maximum absolute atomic E-state index is 12.4. The van der Waals surface area contributed by atoms with Crippen molar-refractivity contribution in [1.29, 1.82) is 0 Å². The van der Waals surface area contributed by atoms with E-state index >= 15 is 0 Å². The van der Waals surface area contributed by atoms with Crippen molar-refractivity contribution in [2.24, 2.45) is 0 Å². The van der Waals surface area contributed by atoms with Gasteiger partial charge in [-0.25, -0.2) is 0 Å². The molecule has 5 heteroatoms. The molecule has 1 aliphatic heterocycles. The third-order valence-electron chi connectivity index (χ3n) is 3.40. The maximum Gasteiger partial charge on any atom is 0.235 e. The zero-order valence-electron chi connectivity index (χ0n) is 12.3. The van der Waals surface area contributed by atoms with Gasteiger partial charge in [0.15, 0.2) is 0 Å². The van der Waals surface area contributed by atoms with Gasteiger partial charge in [-0.1, -0.05) is 0 Å². The summed E-state index contributed by atoms with van der Waals surface area (Å²) >= 11 is 1.60. The molecule has 0 saturated carbocycles. The molecule has 20 heavy (non-hydrogen) atoms. The number of hydrogen-bond acceptors (Lipinski definition) is 4. The van der Waals surface area contributed by atoms with Crippen molar-refractivity contribution in [1.82, 2.24) is 10.2 Å². The van der Waals surface area contributed by atoms with Crippen LogP contribution in [-0.2, 0) is 4.79 Å². The van der Waals surface area contributed by atoms with E-state index in [1.54, 1.807) is 18.9 Å². The second-order valence-electron chi connectivity index (χ2n) is 5.08. The summed E-state index contributed by atoms with van der Waals surface area (Å²) in [6.45, 7) is 6.57. The van der Waals surface area contributed by atoms with Crippen LogP contribution in [0.25, 0.3) is 0 Å². The number of carbonyl (C=O) groups is 1. The highest BCUT2D eigenvalue weighted by atomic mass is 32.2. The van der Waals surface area contributed by atoms with E-state index in [0.29, 0.717) is 6.04 Å². The minimum atomic E-state index is -0.0614. The number of carbonyl (C=O) groups excluding carboxylic acids is 1. The Morgan fingerprint density at radius 2 is 2.15 bits per heavy atom. The van der Waals surface area contributed by atoms with Crippen molar-refractivity contribution in [3.63, 3.8) is 0 Å². The number of nitrogens with one attached hydrogen (secondary N) is 1. The van der Waals surface area contributed by atoms with Crippen molar-refractivity contribution in [3.8, 4) is 5.75 Å². The molecule has 0 spiro atoms. The van der Waals surface area contributed by atoms with Gasteiger partial charge in [0.05, 0.1) is 12.4 Å². The number of ether oxygens (including phenoxy) is 1. The molecule has 2 rings (SSSR count). The highest BCUT2D eigenvalue weighted by Crippen LogP contribution is 2.26. The Hall–Kier alpha value is -1.20. The molecule has 0 aliphatic carbocycles. The van der Waals surface area contributed by atoms with Crippen molar-refractivity contribution < 1.29 is 9.53 Å². The lowest BCUT2D eigenvalue weighted by atomic mass is 10.2. The predicted octanol–water partition coefficient (Wildman–Crippen LogP) is 2.00. The third-order valence-corrected chi connectivity index (χ3v) is 4.50. The summed E-state index contributed by atoms with van der Waals surface area (Å²) < 4.78 is 5.14. The van der Waals surface area contributed by atoms with Gasteiger partial charge in [0.25, 0.3) is 0 Å². The first-order valence-corrected chi connectivity index (χ1v) is 7.81. The van der Waals surface area contributed by atoms with E-state index in [1.165, 1.54) is 0 Å². The molecule has 2 atom stereocenters. The SMILES string of the molecule is COc1ccc(SC(C)C(=O)N2CCNC(C)C2)cc1. The molecule has 1 fully saturated rings. The van der Waals surface area contributed by atoms with Crippen LogP contribution in [0.5, 0.6) is 5.75 Å². The molecule has 0 aromatic heterocycles. The highest BCUT2D eigenvalue weighted by molar-refractivity contribution is 8.00. The van der Waals surface area contributed by atoms with Crippen LogP contribution in [0.15, 0.2) is 29.2 Å². The number of nitrogens with zero attached hydrogens (tertiary/aromatic N) is 1. The molecule has 1 aromatic carbocycles. The summed E-state index contributed by atoms with van der Waals surface area (Å²) in [7, 11) is 1.65. The second kappa shape index (κ2) is 6.99. The number of piperazine rings is 1. The van der Waals surface area contributed by atoms with Crippen LogP contribution in [0.1, 0.15) is 13.8 Å². The summed E-state index contributed by atoms with van der Waals surface area (Å²) in [5.74, 6) is 1.06. The van der Waals surface area contributed by atoms with Gasteiger partial charge in [-0.05, 0) is 38.1 Å². The fourth-order valence-corrected chi connectivity index (χ4v) is 3.25. The number of amides is 1. The molecule has 1 N–H and O–H groups in total. The molecule has 1 aliphatic rings. The van der Waals surface area contributed by atoms with Crippen molar-refractivity contribution in [3.05, 3.63) is 24.3 Å². The van der Waals surface area contributed by atoms with Gasteiger partial charge in [-0.3, -0.25) is 4.79 Å². The largest absolute Gasteiger partial charge is 0.497 e. The predicted molar refractivity (Wildman–Crippen MR) is 82.4 cm³/mol. The molecule has 1 heterocycles. The molecule has 1 saturated heterocycles. The molecule has 1 aromatic rings. The summed E-state index contributed by atoms with van der Waals surface area (Å²) in [4.78, 5) is 15.5. The first-order valence-electron chi connectivity index (χ1n) is 6.93. The normalized spacial score (nSPS) is 20.6. The number of methoxy groups -OCH3 is 1. The first kappa shape index (κ1) is 15.2. The topological polar surface area (TPSA) is 41.6 Å². The fraction of sp³-hybridized carbons (Fsp3) is 0.533. The van der Waals surface area contributed by atoms with Crippen LogP contribution in [0, 0.1) is 0 Å². The van der Waals surface area contributed by atoms with E-state index in [0.717, 1.165) is 30.3 Å². The van der Waals surface area contributed by atoms with Crippen LogP contribution in [0.4, 0.5) is 0 Å². The van der Waals surface area contributed by atoms with Crippen LogP contribution in [-0.4, -0.2) is 48.8 Å². The quantitative estimate of drug-likeness (QED) is 0.863. The molecule has 4 nitrogen and oxygen atoms in total. The molecule has 0 bridgehead atoms. The number of thioether (sulfide) groups is 1. The van der Waals surface area contributed by atoms with Gasteiger partial charge in [0.2, 0.25) is 5.91 Å². The number of rotatable bonds is 4. The van der Waals surface area contributed by atoms with Gasteiger partial charge in [-0.15, -0.1) is 11.8 Å². The van der Waals surface area contributed by atoms with Crippen LogP contribution < -0.4 is 10.1 Å². The van der Waals surface area contributed by atoms with Crippen LogP contribution in [0.3, 0.4) is 0 Å². The van der Waals surface area contributed by atoms with Gasteiger partial charge in [0.1, 0.15) is 5.75 Å². The Labute approximate surface area is 124 Å². The summed E-state index contributed by atoms with van der Waals surface area (Å²) in [6.07, 6.45) is 0. The van der Waals surface area contributed by atoms with Crippen LogP contribution >= 0.6 is 11.8 Å². The van der Waals surface area contributed by atoms with Gasteiger partial charge < -0.3 is 15.0 Å². The number of benzene rings is 1. The lowest BCUT2D eigenvalue weighted by molar-refractivity contribution is -0.131. The zero-order chi connectivity index (χ0) is 14.5. The van der Waals surface area contributed by atoms with Crippen molar-refractivity contribution >= 4 is 17.7 Å². The standard InChI is InChI=1S/C15H22N2O2S/c1-11-10-17(9-8-16-11)15(18)12(2)20-14-6-4-13(19-3)5-7-14/h4-7,11-12,16H,8-10H2,1-3H3. The molecule has 0 radical (unpaired) electrons. The average Bonchev–Trinajstić information content (AvgIpc) is 2.47. The summed E-state index contributed by atoms with van der Waals surface area (Å²) in [5, 5.41) is 3.29. The Balaban J connectivity index is 1.92. The zero-order valence-corrected chi connectivity index (χ0v) is 13.1. The van der Waals surface area contributed by atoms with Crippen molar-refractivity contribution in [2.45, 2.75) is 30.0 Å². The fourth-order valence-electron chi connectivity index (χ4n) is 2.30. The average molecular weight is 294 g/mol. The Bertz CT molecular complexity index is 450. The van der Waals surface area contributed by atoms with E-state index in [-0.39, 0.29) is 11.2 Å². The molecule has 110 valence electrons. The van der Waals surface area contributed by atoms with E-state index in [4.69, 9.17) is 4.74 Å². The Kier molecular flexibility index (Phi) is 5.31. The lowest BCUT2D eigenvalue weighted by Gasteiger charge is -2.33. The van der Waals surface area contributed by atoms with Gasteiger partial charge in [-0.2, -0.15) is 0 Å². The lowest BCUT2D eigenvalue weighted by Crippen LogP contribution is -2.53. The molecular formula is C15H22N2O2S. The highest BCUT2D eigenvalue weighted by Gasteiger charge is 2.25. The maximum atomic E-state index is 12.4. The monoisotopic (exact) mass is 294 g/mol. The van der Waals surface area contributed by atoms with Gasteiger partial charge >= 0.3 is 0 Å². The third kappa shape index (κ3) is 3.90. The minimum Gasteiger partial charge on any atom is -0.497 e. The Morgan fingerprint density at radius 1 is 1.45 bits per heavy atom. The molecule has 1 amide bonds. The summed E-state index contributed by atoms with van der Waals surface area (Å²) in [5.41, 5.74) is 0. The second-order valence-corrected chi connectivity index (χ2v) is 6.49. The number of hydrogen-bond donors (Lipinski definition) is 1. The smallest absolute Gasteiger partial charge is 0.235 e. The summed E-state index contributed by atoms with van der Waals surface area (Å²) in [6, 6.07) is 8.21. The Morgan fingerprint density at radius 3 is 2.75 bits per heavy atom. The molecular weight excluding hydrogens is 272 g/mol. The van der Waals surface area contributed by atoms with E-state index in [2.05, 4.69) is 12.2 Å². The van der Waals surface area contributed by atoms with Crippen LogP contribution in [0.2, 0.25) is 0 Å². The van der Waals surface area contributed by atoms with E-state index in [1.807, 2.05) is 36.1 Å². The molecule has 2 unspecified atom stereocenters. The van der Waals surface area contributed by atoms with E-state index < -0.39 is 0 Å². The van der Waals surface area contributed by atoms with Crippen molar-refractivity contribution in [2.75, 3.05) is 26.7 Å².